The fraction of sp³-hybridized carbons (Fsp3) is 1.00. The molecule has 1 heteroatoms. The van der Waals surface area contributed by atoms with Crippen molar-refractivity contribution in [3.8, 4) is 0 Å². The van der Waals surface area contributed by atoms with Crippen molar-refractivity contribution in [2.24, 2.45) is 11.3 Å². The van der Waals surface area contributed by atoms with E-state index in [0.717, 1.165) is 5.92 Å². The van der Waals surface area contributed by atoms with Gasteiger partial charge in [-0.05, 0) is 24.2 Å². The summed E-state index contributed by atoms with van der Waals surface area (Å²) in [7, 11) is 0. The molecule has 1 saturated carbocycles. The molecule has 0 aromatic carbocycles. The van der Waals surface area contributed by atoms with Crippen molar-refractivity contribution < 1.29 is 0 Å². The van der Waals surface area contributed by atoms with Gasteiger partial charge in [0.15, 0.2) is 0 Å². The first-order chi connectivity index (χ1) is 4.10. The largest absolute Gasteiger partial charge is 0.0625 e. The van der Waals surface area contributed by atoms with Gasteiger partial charge in [0.05, 0.1) is 0 Å². The molecule has 0 aliphatic heterocycles. The molecule has 0 bridgehead atoms. The van der Waals surface area contributed by atoms with Gasteiger partial charge in [-0.15, -0.1) is 0 Å². The minimum absolute atomic E-state index is 0. The van der Waals surface area contributed by atoms with Gasteiger partial charge in [0.2, 0.25) is 0 Å². The van der Waals surface area contributed by atoms with Crippen molar-refractivity contribution in [2.75, 3.05) is 0 Å². The first-order valence-electron chi connectivity index (χ1n) is 4.10. The van der Waals surface area contributed by atoms with Crippen LogP contribution in [0.4, 0.5) is 0 Å². The molecule has 1 atom stereocenters. The summed E-state index contributed by atoms with van der Waals surface area (Å²) in [5.41, 5.74) is 0.650. The molecule has 0 N–H and O–H groups in total. The maximum atomic E-state index is 2.39. The van der Waals surface area contributed by atoms with E-state index in [2.05, 4.69) is 20.8 Å². The fourth-order valence-corrected chi connectivity index (χ4v) is 2.08. The van der Waals surface area contributed by atoms with E-state index in [1.807, 2.05) is 0 Å². The van der Waals surface area contributed by atoms with Gasteiger partial charge in [-0.2, -0.15) is 0 Å². The molecule has 1 aliphatic carbocycles. The Labute approximate surface area is 87.1 Å². The molecule has 1 rings (SSSR count). The second-order valence-electron chi connectivity index (χ2n) is 4.37. The molecule has 0 aromatic rings. The maximum Gasteiger partial charge on any atom is 0 e. The Morgan fingerprint density at radius 1 is 1.30 bits per heavy atom. The molecule has 10 heavy (non-hydrogen) atoms. The SMILES string of the molecule is CC1CCCC(C)(C)C1.[Na]. The van der Waals surface area contributed by atoms with E-state index in [4.69, 9.17) is 0 Å². The first kappa shape index (κ1) is 11.0. The van der Waals surface area contributed by atoms with Crippen LogP contribution in [0.15, 0.2) is 0 Å². The van der Waals surface area contributed by atoms with Crippen LogP contribution in [0.5, 0.6) is 0 Å². The molecular weight excluding hydrogens is 131 g/mol. The average Bonchev–Trinajstić information content (AvgIpc) is 1.60. The van der Waals surface area contributed by atoms with Gasteiger partial charge in [-0.3, -0.25) is 0 Å². The van der Waals surface area contributed by atoms with Gasteiger partial charge < -0.3 is 0 Å². The molecule has 1 aliphatic rings. The summed E-state index contributed by atoms with van der Waals surface area (Å²) < 4.78 is 0. The number of rotatable bonds is 0. The van der Waals surface area contributed by atoms with E-state index < -0.39 is 0 Å². The molecule has 0 heterocycles. The first-order valence-corrected chi connectivity index (χ1v) is 4.10. The van der Waals surface area contributed by atoms with Crippen molar-refractivity contribution in [3.05, 3.63) is 0 Å². The Morgan fingerprint density at radius 2 is 1.90 bits per heavy atom. The molecule has 0 spiro atoms. The third kappa shape index (κ3) is 3.41. The predicted molar refractivity (Wildman–Crippen MR) is 47.2 cm³/mol. The van der Waals surface area contributed by atoms with Gasteiger partial charge in [0.1, 0.15) is 0 Å². The summed E-state index contributed by atoms with van der Waals surface area (Å²) in [5.74, 6) is 0.980. The van der Waals surface area contributed by atoms with Gasteiger partial charge >= 0.3 is 0 Å². The Balaban J connectivity index is 0.000000810. The second-order valence-corrected chi connectivity index (χ2v) is 4.37. The van der Waals surface area contributed by atoms with Crippen molar-refractivity contribution >= 4 is 29.6 Å². The zero-order chi connectivity index (χ0) is 6.91. The summed E-state index contributed by atoms with van der Waals surface area (Å²) in [6.45, 7) is 7.16. The standard InChI is InChI=1S/C9H18.Na/c1-8-5-4-6-9(2,3)7-8;/h8H,4-7H2,1-3H3;. The van der Waals surface area contributed by atoms with Crippen molar-refractivity contribution in [1.82, 2.24) is 0 Å². The quantitative estimate of drug-likeness (QED) is 0.464. The van der Waals surface area contributed by atoms with Crippen molar-refractivity contribution in [1.29, 1.82) is 0 Å². The van der Waals surface area contributed by atoms with E-state index in [1.165, 1.54) is 25.7 Å². The zero-order valence-electron chi connectivity index (χ0n) is 7.91. The minimum Gasteiger partial charge on any atom is -0.0625 e. The van der Waals surface area contributed by atoms with Crippen LogP contribution in [-0.4, -0.2) is 29.6 Å². The van der Waals surface area contributed by atoms with Crippen molar-refractivity contribution in [3.63, 3.8) is 0 Å². The van der Waals surface area contributed by atoms with E-state index in [-0.39, 0.29) is 29.6 Å². The molecule has 55 valence electrons. The molecule has 1 unspecified atom stereocenters. The van der Waals surface area contributed by atoms with Crippen LogP contribution in [0, 0.1) is 11.3 Å². The topological polar surface area (TPSA) is 0 Å². The molecule has 0 amide bonds. The number of hydrogen-bond donors (Lipinski definition) is 0. The molecule has 0 nitrogen and oxygen atoms in total. The second kappa shape index (κ2) is 4.13. The van der Waals surface area contributed by atoms with E-state index in [1.54, 1.807) is 0 Å². The van der Waals surface area contributed by atoms with Crippen LogP contribution in [0.3, 0.4) is 0 Å². The van der Waals surface area contributed by atoms with Crippen LogP contribution in [0.1, 0.15) is 46.5 Å². The van der Waals surface area contributed by atoms with Crippen LogP contribution in [-0.2, 0) is 0 Å². The average molecular weight is 149 g/mol. The van der Waals surface area contributed by atoms with Crippen molar-refractivity contribution in [2.45, 2.75) is 46.5 Å². The Kier molecular flexibility index (Phi) is 4.55. The van der Waals surface area contributed by atoms with Crippen LogP contribution in [0.2, 0.25) is 0 Å². The Bertz CT molecular complexity index is 96.9. The predicted octanol–water partition coefficient (Wildman–Crippen LogP) is 2.84. The molecule has 1 fully saturated rings. The molecule has 0 aromatic heterocycles. The summed E-state index contributed by atoms with van der Waals surface area (Å²) in [6, 6.07) is 0. The van der Waals surface area contributed by atoms with E-state index in [0.29, 0.717) is 5.41 Å². The normalized spacial score (nSPS) is 30.9. The van der Waals surface area contributed by atoms with Gasteiger partial charge in [0.25, 0.3) is 0 Å². The van der Waals surface area contributed by atoms with Gasteiger partial charge in [-0.25, -0.2) is 0 Å². The third-order valence-corrected chi connectivity index (χ3v) is 2.45. The molecule has 1 radical (unpaired) electrons. The van der Waals surface area contributed by atoms with Gasteiger partial charge in [-0.1, -0.05) is 33.6 Å². The zero-order valence-corrected chi connectivity index (χ0v) is 9.91. The smallest absolute Gasteiger partial charge is 0 e. The Hall–Kier alpha value is 1.00. The maximum absolute atomic E-state index is 2.39. The fourth-order valence-electron chi connectivity index (χ4n) is 2.08. The van der Waals surface area contributed by atoms with E-state index in [9.17, 15) is 0 Å². The Morgan fingerprint density at radius 3 is 2.20 bits per heavy atom. The summed E-state index contributed by atoms with van der Waals surface area (Å²) >= 11 is 0. The van der Waals surface area contributed by atoms with E-state index >= 15 is 0 Å². The summed E-state index contributed by atoms with van der Waals surface area (Å²) in [6.07, 6.45) is 5.79. The van der Waals surface area contributed by atoms with Crippen LogP contribution >= 0.6 is 0 Å². The molecule has 0 saturated heterocycles. The summed E-state index contributed by atoms with van der Waals surface area (Å²) in [5, 5.41) is 0. The van der Waals surface area contributed by atoms with Gasteiger partial charge in [0, 0.05) is 29.6 Å². The number of hydrogen-bond acceptors (Lipinski definition) is 0. The third-order valence-electron chi connectivity index (χ3n) is 2.45. The summed E-state index contributed by atoms with van der Waals surface area (Å²) in [4.78, 5) is 0. The molecular formula is C9H18Na. The minimum atomic E-state index is 0. The van der Waals surface area contributed by atoms with Crippen LogP contribution in [0.25, 0.3) is 0 Å². The monoisotopic (exact) mass is 149 g/mol. The van der Waals surface area contributed by atoms with Crippen LogP contribution < -0.4 is 0 Å².